The molecule has 4 rings (SSSR count). The van der Waals surface area contributed by atoms with Crippen molar-refractivity contribution in [2.45, 2.75) is 13.8 Å². The summed E-state index contributed by atoms with van der Waals surface area (Å²) in [7, 11) is 0. The molecule has 0 unspecified atom stereocenters. The third-order valence-corrected chi connectivity index (χ3v) is 4.18. The molecular weight excluding hydrogens is 332 g/mol. The first-order chi connectivity index (χ1) is 12.6. The van der Waals surface area contributed by atoms with Crippen LogP contribution in [0.4, 0.5) is 0 Å². The molecule has 5 nitrogen and oxygen atoms in total. The van der Waals surface area contributed by atoms with E-state index in [1.54, 1.807) is 12.1 Å². The van der Waals surface area contributed by atoms with Crippen LogP contribution in [0, 0.1) is 0 Å². The summed E-state index contributed by atoms with van der Waals surface area (Å²) in [6.07, 6.45) is 3.47. The van der Waals surface area contributed by atoms with E-state index in [0.29, 0.717) is 34.6 Å². The van der Waals surface area contributed by atoms with E-state index in [4.69, 9.17) is 18.6 Å². The fourth-order valence-corrected chi connectivity index (χ4v) is 2.79. The summed E-state index contributed by atoms with van der Waals surface area (Å²) in [6.45, 7) is 4.71. The lowest BCUT2D eigenvalue weighted by Crippen LogP contribution is -2.05. The summed E-state index contributed by atoms with van der Waals surface area (Å²) in [6, 6.07) is 10.8. The van der Waals surface area contributed by atoms with Gasteiger partial charge >= 0.3 is 0 Å². The van der Waals surface area contributed by atoms with Crippen LogP contribution in [0.3, 0.4) is 0 Å². The van der Waals surface area contributed by atoms with Crippen LogP contribution in [0.15, 0.2) is 63.5 Å². The van der Waals surface area contributed by atoms with Crippen molar-refractivity contribution in [3.8, 4) is 28.4 Å². The monoisotopic (exact) mass is 350 g/mol. The van der Waals surface area contributed by atoms with Crippen LogP contribution in [-0.2, 0) is 0 Å². The highest BCUT2D eigenvalue weighted by Gasteiger charge is 2.21. The normalized spacial score (nSPS) is 12.2. The van der Waals surface area contributed by atoms with Crippen molar-refractivity contribution in [1.29, 1.82) is 0 Å². The molecule has 2 heterocycles. The smallest absolute Gasteiger partial charge is 0.231 e. The van der Waals surface area contributed by atoms with E-state index >= 15 is 0 Å². The fraction of sp³-hybridized carbons (Fsp3) is 0.190. The van der Waals surface area contributed by atoms with E-state index < -0.39 is 0 Å². The number of hydrogen-bond acceptors (Lipinski definition) is 5. The van der Waals surface area contributed by atoms with Gasteiger partial charge in [0.1, 0.15) is 18.6 Å². The summed E-state index contributed by atoms with van der Waals surface area (Å²) in [5.74, 6) is 1.82. The van der Waals surface area contributed by atoms with E-state index in [0.717, 1.165) is 11.3 Å². The van der Waals surface area contributed by atoms with Gasteiger partial charge in [0.2, 0.25) is 18.0 Å². The van der Waals surface area contributed by atoms with E-state index in [-0.39, 0.29) is 12.2 Å². The molecule has 0 atom stereocenters. The van der Waals surface area contributed by atoms with Gasteiger partial charge in [0.25, 0.3) is 0 Å². The van der Waals surface area contributed by atoms with Crippen molar-refractivity contribution in [1.82, 2.24) is 0 Å². The Bertz CT molecular complexity index is 1040. The number of rotatable bonds is 4. The third-order valence-electron chi connectivity index (χ3n) is 4.18. The molecule has 0 saturated carbocycles. The van der Waals surface area contributed by atoms with Crippen LogP contribution in [0.1, 0.15) is 13.8 Å². The Balaban J connectivity index is 1.67. The Labute approximate surface area is 150 Å². The molecule has 0 radical (unpaired) electrons. The Hall–Kier alpha value is -3.21. The maximum Gasteiger partial charge on any atom is 0.231 e. The molecule has 5 heteroatoms. The first kappa shape index (κ1) is 16.3. The minimum atomic E-state index is -0.109. The molecular formula is C21H18O5. The van der Waals surface area contributed by atoms with Gasteiger partial charge in [-0.15, -0.1) is 0 Å². The second kappa shape index (κ2) is 6.59. The zero-order valence-corrected chi connectivity index (χ0v) is 14.6. The van der Waals surface area contributed by atoms with Crippen LogP contribution in [0.25, 0.3) is 22.1 Å². The average molecular weight is 350 g/mol. The summed E-state index contributed by atoms with van der Waals surface area (Å²) < 4.78 is 22.1. The first-order valence-electron chi connectivity index (χ1n) is 8.34. The number of allylic oxidation sites excluding steroid dienone is 1. The SMILES string of the molecule is CC(C)=CCOc1ccc(-c2coc3c4c(ccc3c2=O)OCO4)cc1. The molecule has 1 aliphatic rings. The molecule has 0 fully saturated rings. The Morgan fingerprint density at radius 2 is 1.92 bits per heavy atom. The van der Waals surface area contributed by atoms with Crippen molar-refractivity contribution < 1.29 is 18.6 Å². The first-order valence-corrected chi connectivity index (χ1v) is 8.34. The van der Waals surface area contributed by atoms with Crippen molar-refractivity contribution in [3.05, 3.63) is 64.5 Å². The maximum absolute atomic E-state index is 12.9. The van der Waals surface area contributed by atoms with E-state index in [1.807, 2.05) is 44.2 Å². The van der Waals surface area contributed by atoms with Crippen molar-refractivity contribution in [2.75, 3.05) is 13.4 Å². The number of hydrogen-bond donors (Lipinski definition) is 0. The molecule has 0 aliphatic carbocycles. The van der Waals surface area contributed by atoms with E-state index in [9.17, 15) is 4.79 Å². The van der Waals surface area contributed by atoms with Gasteiger partial charge in [-0.1, -0.05) is 17.7 Å². The van der Waals surface area contributed by atoms with Crippen LogP contribution >= 0.6 is 0 Å². The summed E-state index contributed by atoms with van der Waals surface area (Å²) in [4.78, 5) is 12.9. The largest absolute Gasteiger partial charge is 0.490 e. The molecule has 2 aromatic carbocycles. The zero-order valence-electron chi connectivity index (χ0n) is 14.6. The van der Waals surface area contributed by atoms with Gasteiger partial charge in [-0.25, -0.2) is 0 Å². The molecule has 0 saturated heterocycles. The topological polar surface area (TPSA) is 57.9 Å². The van der Waals surface area contributed by atoms with Gasteiger partial charge in [0.05, 0.1) is 10.9 Å². The Kier molecular flexibility index (Phi) is 4.13. The van der Waals surface area contributed by atoms with Gasteiger partial charge in [-0.2, -0.15) is 0 Å². The number of fused-ring (bicyclic) bond motifs is 3. The van der Waals surface area contributed by atoms with Crippen LogP contribution < -0.4 is 19.6 Å². The number of benzene rings is 2. The highest BCUT2D eigenvalue weighted by molar-refractivity contribution is 5.88. The second-order valence-electron chi connectivity index (χ2n) is 6.27. The Morgan fingerprint density at radius 3 is 2.69 bits per heavy atom. The minimum Gasteiger partial charge on any atom is -0.490 e. The highest BCUT2D eigenvalue weighted by atomic mass is 16.7. The van der Waals surface area contributed by atoms with Crippen molar-refractivity contribution in [2.24, 2.45) is 0 Å². The molecule has 1 aliphatic heterocycles. The van der Waals surface area contributed by atoms with Gasteiger partial charge in [-0.3, -0.25) is 4.79 Å². The maximum atomic E-state index is 12.9. The highest BCUT2D eigenvalue weighted by Crippen LogP contribution is 2.38. The predicted octanol–water partition coefficient (Wildman–Crippen LogP) is 4.53. The lowest BCUT2D eigenvalue weighted by Gasteiger charge is -2.07. The summed E-state index contributed by atoms with van der Waals surface area (Å²) in [5.41, 5.74) is 2.77. The molecule has 0 spiro atoms. The van der Waals surface area contributed by atoms with E-state index in [2.05, 4.69) is 0 Å². The fourth-order valence-electron chi connectivity index (χ4n) is 2.79. The summed E-state index contributed by atoms with van der Waals surface area (Å²) >= 11 is 0. The molecule has 132 valence electrons. The van der Waals surface area contributed by atoms with Gasteiger partial charge in [0, 0.05) is 0 Å². The van der Waals surface area contributed by atoms with Crippen molar-refractivity contribution >= 4 is 11.0 Å². The molecule has 26 heavy (non-hydrogen) atoms. The quantitative estimate of drug-likeness (QED) is 0.647. The number of ether oxygens (including phenoxy) is 3. The lowest BCUT2D eigenvalue weighted by atomic mass is 10.1. The predicted molar refractivity (Wildman–Crippen MR) is 99.0 cm³/mol. The zero-order chi connectivity index (χ0) is 18.1. The van der Waals surface area contributed by atoms with E-state index in [1.165, 1.54) is 11.8 Å². The second-order valence-corrected chi connectivity index (χ2v) is 6.27. The molecule has 1 aromatic heterocycles. The molecule has 0 bridgehead atoms. The van der Waals surface area contributed by atoms with Crippen molar-refractivity contribution in [3.63, 3.8) is 0 Å². The minimum absolute atomic E-state index is 0.109. The molecule has 0 amide bonds. The molecule has 3 aromatic rings. The van der Waals surface area contributed by atoms with Gasteiger partial charge in [0.15, 0.2) is 11.3 Å². The van der Waals surface area contributed by atoms with Gasteiger partial charge < -0.3 is 18.6 Å². The average Bonchev–Trinajstić information content (AvgIpc) is 3.12. The van der Waals surface area contributed by atoms with Crippen LogP contribution in [-0.4, -0.2) is 13.4 Å². The Morgan fingerprint density at radius 1 is 1.12 bits per heavy atom. The lowest BCUT2D eigenvalue weighted by molar-refractivity contribution is 0.174. The third kappa shape index (κ3) is 2.92. The van der Waals surface area contributed by atoms with Gasteiger partial charge in [-0.05, 0) is 49.8 Å². The standard InChI is InChI=1S/C21H18O5/c1-13(2)9-10-23-15-5-3-14(4-6-15)17-11-24-20-16(19(17)22)7-8-18-21(20)26-12-25-18/h3-9,11H,10,12H2,1-2H3. The van der Waals surface area contributed by atoms with Crippen LogP contribution in [0.5, 0.6) is 17.2 Å². The molecule has 0 N–H and O–H groups in total. The summed E-state index contributed by atoms with van der Waals surface area (Å²) in [5, 5.41) is 0.468. The van der Waals surface area contributed by atoms with Crippen LogP contribution in [0.2, 0.25) is 0 Å².